The topological polar surface area (TPSA) is 95.5 Å². The lowest BCUT2D eigenvalue weighted by Crippen LogP contribution is -2.46. The predicted molar refractivity (Wildman–Crippen MR) is 94.9 cm³/mol. The highest BCUT2D eigenvalue weighted by molar-refractivity contribution is 7.89. The molecule has 0 heterocycles. The molecule has 0 bridgehead atoms. The second-order valence-corrected chi connectivity index (χ2v) is 8.10. The Morgan fingerprint density at radius 3 is 2.58 bits per heavy atom. The van der Waals surface area contributed by atoms with E-state index in [1.54, 1.807) is 6.92 Å². The SMILES string of the molecule is Cc1cc(NC(=O)c2cccc(S(=O)(=O)N[C@H]3C[C@@H](O)C3)c2)ccc1F. The molecular formula is C18H19FN2O4S. The molecule has 0 atom stereocenters. The number of aliphatic hydroxyl groups excluding tert-OH is 1. The fourth-order valence-electron chi connectivity index (χ4n) is 2.70. The van der Waals surface area contributed by atoms with Gasteiger partial charge in [-0.1, -0.05) is 6.07 Å². The third kappa shape index (κ3) is 4.09. The van der Waals surface area contributed by atoms with Gasteiger partial charge in [-0.2, -0.15) is 0 Å². The normalized spacial score (nSPS) is 19.7. The number of anilines is 1. The van der Waals surface area contributed by atoms with Crippen LogP contribution in [0.25, 0.3) is 0 Å². The van der Waals surface area contributed by atoms with E-state index in [-0.39, 0.29) is 22.3 Å². The van der Waals surface area contributed by atoms with E-state index >= 15 is 0 Å². The molecule has 0 aromatic heterocycles. The van der Waals surface area contributed by atoms with Crippen LogP contribution in [0.2, 0.25) is 0 Å². The fourth-order valence-corrected chi connectivity index (χ4v) is 4.01. The van der Waals surface area contributed by atoms with Crippen molar-refractivity contribution < 1.29 is 22.7 Å². The molecule has 1 fully saturated rings. The van der Waals surface area contributed by atoms with Crippen molar-refractivity contribution in [1.29, 1.82) is 0 Å². The number of benzene rings is 2. The molecule has 138 valence electrons. The Morgan fingerprint density at radius 2 is 1.92 bits per heavy atom. The van der Waals surface area contributed by atoms with Crippen molar-refractivity contribution in [1.82, 2.24) is 4.72 Å². The molecule has 6 nitrogen and oxygen atoms in total. The molecule has 1 aliphatic carbocycles. The van der Waals surface area contributed by atoms with Crippen molar-refractivity contribution in [2.45, 2.75) is 36.8 Å². The average molecular weight is 378 g/mol. The summed E-state index contributed by atoms with van der Waals surface area (Å²) in [6.45, 7) is 1.58. The fraction of sp³-hybridized carbons (Fsp3) is 0.278. The monoisotopic (exact) mass is 378 g/mol. The maximum atomic E-state index is 13.3. The lowest BCUT2D eigenvalue weighted by atomic mass is 9.91. The smallest absolute Gasteiger partial charge is 0.255 e. The Labute approximate surface area is 151 Å². The third-order valence-electron chi connectivity index (χ3n) is 4.26. The molecule has 0 unspecified atom stereocenters. The molecule has 2 aromatic rings. The maximum Gasteiger partial charge on any atom is 0.255 e. The van der Waals surface area contributed by atoms with Crippen molar-refractivity contribution in [2.75, 3.05) is 5.32 Å². The van der Waals surface area contributed by atoms with E-state index in [1.807, 2.05) is 0 Å². The summed E-state index contributed by atoms with van der Waals surface area (Å²) in [5, 5.41) is 11.9. The molecule has 1 amide bonds. The summed E-state index contributed by atoms with van der Waals surface area (Å²) in [5.74, 6) is -0.865. The van der Waals surface area contributed by atoms with Gasteiger partial charge in [-0.25, -0.2) is 17.5 Å². The van der Waals surface area contributed by atoms with E-state index in [2.05, 4.69) is 10.0 Å². The molecule has 1 saturated carbocycles. The minimum absolute atomic E-state index is 0.0261. The molecule has 1 aliphatic rings. The number of rotatable bonds is 5. The summed E-state index contributed by atoms with van der Waals surface area (Å²) in [6.07, 6.45) is 0.283. The van der Waals surface area contributed by atoms with Crippen molar-refractivity contribution in [3.8, 4) is 0 Å². The Morgan fingerprint density at radius 1 is 1.19 bits per heavy atom. The van der Waals surface area contributed by atoms with Gasteiger partial charge in [-0.3, -0.25) is 4.79 Å². The number of halogens is 1. The number of nitrogens with one attached hydrogen (secondary N) is 2. The number of carbonyl (C=O) groups excluding carboxylic acids is 1. The Kier molecular flexibility index (Phi) is 5.08. The molecule has 3 N–H and O–H groups in total. The number of hydrogen-bond donors (Lipinski definition) is 3. The van der Waals surface area contributed by atoms with E-state index in [1.165, 1.54) is 42.5 Å². The van der Waals surface area contributed by atoms with E-state index < -0.39 is 22.0 Å². The number of aliphatic hydroxyl groups is 1. The van der Waals surface area contributed by atoms with Crippen LogP contribution in [0.4, 0.5) is 10.1 Å². The van der Waals surface area contributed by atoms with Gasteiger partial charge in [0.15, 0.2) is 0 Å². The second kappa shape index (κ2) is 7.14. The minimum atomic E-state index is -3.78. The maximum absolute atomic E-state index is 13.3. The largest absolute Gasteiger partial charge is 0.393 e. The first-order chi connectivity index (χ1) is 12.2. The van der Waals surface area contributed by atoms with Crippen molar-refractivity contribution in [3.63, 3.8) is 0 Å². The van der Waals surface area contributed by atoms with Crippen LogP contribution in [-0.4, -0.2) is 31.6 Å². The first-order valence-electron chi connectivity index (χ1n) is 8.12. The van der Waals surface area contributed by atoms with E-state index in [0.29, 0.717) is 24.1 Å². The number of hydrogen-bond acceptors (Lipinski definition) is 4. The van der Waals surface area contributed by atoms with Crippen LogP contribution in [0, 0.1) is 12.7 Å². The van der Waals surface area contributed by atoms with Crippen LogP contribution in [0.3, 0.4) is 0 Å². The summed E-state index contributed by atoms with van der Waals surface area (Å²) in [5.41, 5.74) is 0.984. The Hall–Kier alpha value is -2.29. The van der Waals surface area contributed by atoms with Gasteiger partial charge in [0.25, 0.3) is 5.91 Å². The molecular weight excluding hydrogens is 359 g/mol. The molecule has 0 aliphatic heterocycles. The third-order valence-corrected chi connectivity index (χ3v) is 5.78. The van der Waals surface area contributed by atoms with Crippen LogP contribution in [0.5, 0.6) is 0 Å². The van der Waals surface area contributed by atoms with E-state index in [0.717, 1.165) is 0 Å². The van der Waals surface area contributed by atoms with Gasteiger partial charge in [0.1, 0.15) is 5.82 Å². The summed E-state index contributed by atoms with van der Waals surface area (Å²) >= 11 is 0. The van der Waals surface area contributed by atoms with Crippen molar-refractivity contribution in [3.05, 3.63) is 59.4 Å². The zero-order valence-electron chi connectivity index (χ0n) is 14.1. The van der Waals surface area contributed by atoms with Crippen molar-refractivity contribution in [2.24, 2.45) is 0 Å². The highest BCUT2D eigenvalue weighted by Gasteiger charge is 2.31. The Balaban J connectivity index is 1.75. The molecule has 26 heavy (non-hydrogen) atoms. The average Bonchev–Trinajstić information content (AvgIpc) is 2.57. The van der Waals surface area contributed by atoms with Gasteiger partial charge in [-0.15, -0.1) is 0 Å². The molecule has 0 radical (unpaired) electrons. The second-order valence-electron chi connectivity index (χ2n) is 6.39. The van der Waals surface area contributed by atoms with Crippen LogP contribution < -0.4 is 10.0 Å². The molecule has 0 spiro atoms. The number of aryl methyl sites for hydroxylation is 1. The van der Waals surface area contributed by atoms with Gasteiger partial charge in [0, 0.05) is 17.3 Å². The Bertz CT molecular complexity index is 940. The van der Waals surface area contributed by atoms with Gasteiger partial charge in [-0.05, 0) is 61.7 Å². The minimum Gasteiger partial charge on any atom is -0.393 e. The first kappa shape index (κ1) is 18.5. The number of carbonyl (C=O) groups is 1. The lowest BCUT2D eigenvalue weighted by molar-refractivity contribution is 0.0712. The van der Waals surface area contributed by atoms with Crippen LogP contribution >= 0.6 is 0 Å². The number of amides is 1. The molecule has 3 rings (SSSR count). The first-order valence-corrected chi connectivity index (χ1v) is 9.61. The van der Waals surface area contributed by atoms with E-state index in [4.69, 9.17) is 0 Å². The zero-order valence-corrected chi connectivity index (χ0v) is 14.9. The highest BCUT2D eigenvalue weighted by atomic mass is 32.2. The van der Waals surface area contributed by atoms with Crippen LogP contribution in [-0.2, 0) is 10.0 Å². The van der Waals surface area contributed by atoms with Crippen LogP contribution in [0.15, 0.2) is 47.4 Å². The summed E-state index contributed by atoms with van der Waals surface area (Å²) < 4.78 is 40.6. The predicted octanol–water partition coefficient (Wildman–Crippen LogP) is 2.19. The van der Waals surface area contributed by atoms with Crippen molar-refractivity contribution >= 4 is 21.6 Å². The summed E-state index contributed by atoms with van der Waals surface area (Å²) in [6, 6.07) is 9.55. The number of sulfonamides is 1. The van der Waals surface area contributed by atoms with Crippen LogP contribution in [0.1, 0.15) is 28.8 Å². The molecule has 2 aromatic carbocycles. The highest BCUT2D eigenvalue weighted by Crippen LogP contribution is 2.22. The molecule has 8 heteroatoms. The van der Waals surface area contributed by atoms with Gasteiger partial charge in [0.2, 0.25) is 10.0 Å². The summed E-state index contributed by atoms with van der Waals surface area (Å²) in [7, 11) is -3.78. The quantitative estimate of drug-likeness (QED) is 0.743. The zero-order chi connectivity index (χ0) is 18.9. The molecule has 0 saturated heterocycles. The lowest BCUT2D eigenvalue weighted by Gasteiger charge is -2.31. The van der Waals surface area contributed by atoms with Gasteiger partial charge < -0.3 is 10.4 Å². The van der Waals surface area contributed by atoms with E-state index in [9.17, 15) is 22.7 Å². The van der Waals surface area contributed by atoms with Gasteiger partial charge in [0.05, 0.1) is 11.0 Å². The van der Waals surface area contributed by atoms with Gasteiger partial charge >= 0.3 is 0 Å². The standard InChI is InChI=1S/C18H19FN2O4S/c1-11-7-13(5-6-17(11)19)20-18(23)12-3-2-4-16(8-12)26(24,25)21-14-9-15(22)10-14/h2-8,14-15,21-22H,9-10H2,1H3,(H,20,23)/t14-,15+. The summed E-state index contributed by atoms with van der Waals surface area (Å²) in [4.78, 5) is 12.3.